The SMILES string of the molecule is O=C(O)CCC1CCN(Cc2ncc(Cl)s2)CC1. The Morgan fingerprint density at radius 2 is 2.28 bits per heavy atom. The van der Waals surface area contributed by atoms with Gasteiger partial charge in [-0.25, -0.2) is 4.98 Å². The van der Waals surface area contributed by atoms with Crippen LogP contribution < -0.4 is 0 Å². The van der Waals surface area contributed by atoms with Gasteiger partial charge >= 0.3 is 5.97 Å². The maximum atomic E-state index is 10.5. The Balaban J connectivity index is 1.71. The predicted octanol–water partition coefficient (Wildman–Crippen LogP) is 2.87. The standard InChI is InChI=1S/C12H17ClN2O2S/c13-10-7-14-11(18-10)8-15-5-3-9(4-6-15)1-2-12(16)17/h7,9H,1-6,8H2,(H,16,17). The van der Waals surface area contributed by atoms with Crippen LogP contribution in [0.25, 0.3) is 0 Å². The number of aromatic nitrogens is 1. The molecule has 0 radical (unpaired) electrons. The molecular weight excluding hydrogens is 272 g/mol. The molecule has 0 unspecified atom stereocenters. The first-order valence-electron chi connectivity index (χ1n) is 6.18. The number of rotatable bonds is 5. The highest BCUT2D eigenvalue weighted by Gasteiger charge is 2.20. The van der Waals surface area contributed by atoms with Gasteiger partial charge in [-0.1, -0.05) is 11.6 Å². The zero-order chi connectivity index (χ0) is 13.0. The Labute approximate surface area is 116 Å². The fraction of sp³-hybridized carbons (Fsp3) is 0.667. The van der Waals surface area contributed by atoms with Gasteiger partial charge in [0, 0.05) is 6.42 Å². The van der Waals surface area contributed by atoms with Crippen molar-refractivity contribution in [3.8, 4) is 0 Å². The quantitative estimate of drug-likeness (QED) is 0.905. The molecule has 1 saturated heterocycles. The van der Waals surface area contributed by atoms with Crippen LogP contribution >= 0.6 is 22.9 Å². The normalized spacial score (nSPS) is 18.1. The average Bonchev–Trinajstić information content (AvgIpc) is 2.74. The number of aliphatic carboxylic acids is 1. The fourth-order valence-corrected chi connectivity index (χ4v) is 3.31. The zero-order valence-corrected chi connectivity index (χ0v) is 11.7. The van der Waals surface area contributed by atoms with E-state index in [2.05, 4.69) is 9.88 Å². The topological polar surface area (TPSA) is 53.4 Å². The second-order valence-corrected chi connectivity index (χ2v) is 6.46. The minimum absolute atomic E-state index is 0.298. The molecule has 4 nitrogen and oxygen atoms in total. The van der Waals surface area contributed by atoms with Gasteiger partial charge in [-0.3, -0.25) is 9.69 Å². The molecule has 100 valence electrons. The van der Waals surface area contributed by atoms with Gasteiger partial charge < -0.3 is 5.11 Å². The van der Waals surface area contributed by atoms with E-state index in [0.717, 1.165) is 48.2 Å². The van der Waals surface area contributed by atoms with Crippen LogP contribution in [0.4, 0.5) is 0 Å². The van der Waals surface area contributed by atoms with E-state index in [-0.39, 0.29) is 0 Å². The van der Waals surface area contributed by atoms with Crippen LogP contribution in [0.1, 0.15) is 30.7 Å². The highest BCUT2D eigenvalue weighted by atomic mass is 35.5. The number of nitrogens with zero attached hydrogens (tertiary/aromatic N) is 2. The molecule has 2 rings (SSSR count). The molecule has 0 aliphatic carbocycles. The second kappa shape index (κ2) is 6.50. The molecule has 0 saturated carbocycles. The van der Waals surface area contributed by atoms with E-state index in [1.807, 2.05) is 0 Å². The third-order valence-corrected chi connectivity index (χ3v) is 4.46. The monoisotopic (exact) mass is 288 g/mol. The van der Waals surface area contributed by atoms with Crippen molar-refractivity contribution < 1.29 is 9.90 Å². The van der Waals surface area contributed by atoms with Crippen molar-refractivity contribution in [2.45, 2.75) is 32.2 Å². The number of piperidine rings is 1. The molecule has 0 bridgehead atoms. The molecule has 0 atom stereocenters. The lowest BCUT2D eigenvalue weighted by Gasteiger charge is -2.31. The molecule has 0 aromatic carbocycles. The number of carboxylic acid groups (broad SMARTS) is 1. The minimum Gasteiger partial charge on any atom is -0.481 e. The largest absolute Gasteiger partial charge is 0.481 e. The molecule has 1 aromatic rings. The van der Waals surface area contributed by atoms with Crippen molar-refractivity contribution in [2.24, 2.45) is 5.92 Å². The first-order valence-corrected chi connectivity index (χ1v) is 7.37. The lowest BCUT2D eigenvalue weighted by Crippen LogP contribution is -2.33. The molecular formula is C12H17ClN2O2S. The van der Waals surface area contributed by atoms with Crippen molar-refractivity contribution in [3.63, 3.8) is 0 Å². The molecule has 1 N–H and O–H groups in total. The van der Waals surface area contributed by atoms with Crippen molar-refractivity contribution >= 4 is 28.9 Å². The van der Waals surface area contributed by atoms with Gasteiger partial charge in [0.05, 0.1) is 12.7 Å². The Morgan fingerprint density at radius 3 is 2.83 bits per heavy atom. The molecule has 1 fully saturated rings. The number of thiazole rings is 1. The van der Waals surface area contributed by atoms with Gasteiger partial charge in [-0.15, -0.1) is 11.3 Å². The lowest BCUT2D eigenvalue weighted by atomic mass is 9.92. The number of carbonyl (C=O) groups is 1. The van der Waals surface area contributed by atoms with E-state index in [0.29, 0.717) is 12.3 Å². The molecule has 1 aromatic heterocycles. The summed E-state index contributed by atoms with van der Waals surface area (Å²) in [5, 5.41) is 9.72. The summed E-state index contributed by atoms with van der Waals surface area (Å²) in [5.74, 6) is -0.118. The van der Waals surface area contributed by atoms with Crippen LogP contribution in [0.3, 0.4) is 0 Å². The van der Waals surface area contributed by atoms with Crippen molar-refractivity contribution in [2.75, 3.05) is 13.1 Å². The molecule has 6 heteroatoms. The first kappa shape index (κ1) is 13.8. The highest BCUT2D eigenvalue weighted by Crippen LogP contribution is 2.25. The summed E-state index contributed by atoms with van der Waals surface area (Å²) in [7, 11) is 0. The van der Waals surface area contributed by atoms with Gasteiger partial charge in [0.25, 0.3) is 0 Å². The van der Waals surface area contributed by atoms with E-state index < -0.39 is 5.97 Å². The third kappa shape index (κ3) is 4.23. The summed E-state index contributed by atoms with van der Waals surface area (Å²) in [6, 6.07) is 0. The molecule has 1 aliphatic heterocycles. The van der Waals surface area contributed by atoms with Crippen molar-refractivity contribution in [1.29, 1.82) is 0 Å². The van der Waals surface area contributed by atoms with Gasteiger partial charge in [0.1, 0.15) is 9.34 Å². The number of hydrogen-bond acceptors (Lipinski definition) is 4. The maximum Gasteiger partial charge on any atom is 0.303 e. The van der Waals surface area contributed by atoms with E-state index in [1.54, 1.807) is 6.20 Å². The number of hydrogen-bond donors (Lipinski definition) is 1. The van der Waals surface area contributed by atoms with Crippen LogP contribution in [-0.2, 0) is 11.3 Å². The summed E-state index contributed by atoms with van der Waals surface area (Å²) < 4.78 is 0.737. The van der Waals surface area contributed by atoms with E-state index in [4.69, 9.17) is 16.7 Å². The number of carboxylic acids is 1. The van der Waals surface area contributed by atoms with Crippen molar-refractivity contribution in [1.82, 2.24) is 9.88 Å². The second-order valence-electron chi connectivity index (χ2n) is 4.71. The van der Waals surface area contributed by atoms with Gasteiger partial charge in [0.2, 0.25) is 0 Å². The first-order chi connectivity index (χ1) is 8.63. The third-order valence-electron chi connectivity index (χ3n) is 3.36. The van der Waals surface area contributed by atoms with Gasteiger partial charge in [-0.05, 0) is 38.3 Å². The smallest absolute Gasteiger partial charge is 0.303 e. The highest BCUT2D eigenvalue weighted by molar-refractivity contribution is 7.15. The van der Waals surface area contributed by atoms with Crippen LogP contribution in [0.15, 0.2) is 6.20 Å². The van der Waals surface area contributed by atoms with Gasteiger partial charge in [0.15, 0.2) is 0 Å². The molecule has 18 heavy (non-hydrogen) atoms. The van der Waals surface area contributed by atoms with Crippen LogP contribution in [0, 0.1) is 5.92 Å². The number of halogens is 1. The zero-order valence-electron chi connectivity index (χ0n) is 10.1. The predicted molar refractivity (Wildman–Crippen MR) is 72.0 cm³/mol. The average molecular weight is 289 g/mol. The molecule has 0 amide bonds. The Bertz CT molecular complexity index is 403. The van der Waals surface area contributed by atoms with E-state index in [9.17, 15) is 4.79 Å². The molecule has 1 aliphatic rings. The molecule has 2 heterocycles. The Hall–Kier alpha value is -0.650. The Kier molecular flexibility index (Phi) is 4.97. The van der Waals surface area contributed by atoms with Crippen molar-refractivity contribution in [3.05, 3.63) is 15.5 Å². The lowest BCUT2D eigenvalue weighted by molar-refractivity contribution is -0.137. The van der Waals surface area contributed by atoms with E-state index >= 15 is 0 Å². The summed E-state index contributed by atoms with van der Waals surface area (Å²) in [5.41, 5.74) is 0. The number of likely N-dealkylation sites (tertiary alicyclic amines) is 1. The van der Waals surface area contributed by atoms with E-state index in [1.165, 1.54) is 11.3 Å². The minimum atomic E-state index is -0.685. The Morgan fingerprint density at radius 1 is 1.56 bits per heavy atom. The van der Waals surface area contributed by atoms with Gasteiger partial charge in [-0.2, -0.15) is 0 Å². The fourth-order valence-electron chi connectivity index (χ4n) is 2.31. The van der Waals surface area contributed by atoms with Crippen LogP contribution in [-0.4, -0.2) is 34.0 Å². The summed E-state index contributed by atoms with van der Waals surface area (Å²) >= 11 is 7.39. The summed E-state index contributed by atoms with van der Waals surface area (Å²) in [6.07, 6.45) is 4.99. The van der Waals surface area contributed by atoms with Crippen LogP contribution in [0.5, 0.6) is 0 Å². The van der Waals surface area contributed by atoms with Crippen LogP contribution in [0.2, 0.25) is 4.34 Å². The molecule has 0 spiro atoms. The summed E-state index contributed by atoms with van der Waals surface area (Å²) in [6.45, 7) is 2.92. The summed E-state index contributed by atoms with van der Waals surface area (Å²) in [4.78, 5) is 17.1. The maximum absolute atomic E-state index is 10.5.